The number of hydrogen-bond acceptors (Lipinski definition) is 6. The second-order valence-electron chi connectivity index (χ2n) is 7.32. The Morgan fingerprint density at radius 1 is 1.23 bits per heavy atom. The van der Waals surface area contributed by atoms with Crippen molar-refractivity contribution in [3.05, 3.63) is 66.4 Å². The van der Waals surface area contributed by atoms with E-state index in [9.17, 15) is 9.18 Å². The zero-order chi connectivity index (χ0) is 21.1. The van der Waals surface area contributed by atoms with Crippen LogP contribution in [-0.2, 0) is 0 Å². The summed E-state index contributed by atoms with van der Waals surface area (Å²) < 4.78 is 14.4. The fourth-order valence-corrected chi connectivity index (χ4v) is 3.65. The summed E-state index contributed by atoms with van der Waals surface area (Å²) in [5, 5.41) is 2.83. The van der Waals surface area contributed by atoms with Crippen LogP contribution in [-0.4, -0.2) is 35.0 Å². The number of hydrogen-bond donors (Lipinski definition) is 3. The highest BCUT2D eigenvalue weighted by atomic mass is 19.1. The van der Waals surface area contributed by atoms with Gasteiger partial charge in [-0.05, 0) is 18.9 Å². The first-order valence-corrected chi connectivity index (χ1v) is 9.80. The number of anilines is 3. The van der Waals surface area contributed by atoms with Crippen molar-refractivity contribution >= 4 is 23.0 Å². The van der Waals surface area contributed by atoms with Gasteiger partial charge in [-0.1, -0.05) is 30.3 Å². The first-order valence-electron chi connectivity index (χ1n) is 9.80. The molecule has 1 fully saturated rings. The van der Waals surface area contributed by atoms with Gasteiger partial charge in [0.25, 0.3) is 5.91 Å². The van der Waals surface area contributed by atoms with Gasteiger partial charge in [-0.2, -0.15) is 0 Å². The van der Waals surface area contributed by atoms with Crippen LogP contribution in [0.2, 0.25) is 0 Å². The number of pyridine rings is 2. The van der Waals surface area contributed by atoms with Crippen LogP contribution < -0.4 is 21.7 Å². The molecule has 154 valence electrons. The van der Waals surface area contributed by atoms with E-state index in [0.717, 1.165) is 31.1 Å². The molecule has 3 aromatic rings. The van der Waals surface area contributed by atoms with E-state index in [1.54, 1.807) is 36.7 Å². The van der Waals surface area contributed by atoms with Gasteiger partial charge in [0, 0.05) is 37.0 Å². The molecular weight excluding hydrogens is 383 g/mol. The topological polar surface area (TPSA) is 110 Å². The van der Waals surface area contributed by atoms with Crippen molar-refractivity contribution < 1.29 is 9.18 Å². The van der Waals surface area contributed by atoms with Crippen LogP contribution in [0.5, 0.6) is 0 Å². The van der Waals surface area contributed by atoms with Gasteiger partial charge in [0.2, 0.25) is 0 Å². The number of nitrogens with zero attached hydrogens (tertiary/aromatic N) is 3. The van der Waals surface area contributed by atoms with E-state index in [1.165, 1.54) is 0 Å². The Balaban J connectivity index is 1.64. The monoisotopic (exact) mass is 406 g/mol. The molecule has 5 N–H and O–H groups in total. The van der Waals surface area contributed by atoms with E-state index in [0.29, 0.717) is 17.8 Å². The van der Waals surface area contributed by atoms with Gasteiger partial charge in [0.15, 0.2) is 11.5 Å². The van der Waals surface area contributed by atoms with E-state index in [4.69, 9.17) is 11.5 Å². The highest BCUT2D eigenvalue weighted by Gasteiger charge is 2.22. The Hall–Kier alpha value is -3.52. The minimum Gasteiger partial charge on any atom is -0.397 e. The van der Waals surface area contributed by atoms with E-state index >= 15 is 0 Å². The Kier molecular flexibility index (Phi) is 5.58. The van der Waals surface area contributed by atoms with Crippen molar-refractivity contribution in [2.75, 3.05) is 29.0 Å². The molecule has 3 heterocycles. The van der Waals surface area contributed by atoms with E-state index < -0.39 is 11.7 Å². The largest absolute Gasteiger partial charge is 0.397 e. The van der Waals surface area contributed by atoms with Crippen LogP contribution in [0.25, 0.3) is 11.3 Å². The minimum atomic E-state index is -0.584. The molecule has 7 nitrogen and oxygen atoms in total. The molecule has 1 atom stereocenters. The maximum atomic E-state index is 14.4. The van der Waals surface area contributed by atoms with Gasteiger partial charge in [-0.25, -0.2) is 9.37 Å². The maximum Gasteiger partial charge on any atom is 0.276 e. The van der Waals surface area contributed by atoms with Crippen LogP contribution in [0.3, 0.4) is 0 Å². The molecule has 2 aromatic heterocycles. The molecule has 0 unspecified atom stereocenters. The first-order chi connectivity index (χ1) is 14.5. The molecule has 1 amide bonds. The van der Waals surface area contributed by atoms with E-state index in [2.05, 4.69) is 20.2 Å². The normalized spacial score (nSPS) is 16.3. The summed E-state index contributed by atoms with van der Waals surface area (Å²) in [6, 6.07) is 11.9. The SMILES string of the molecule is Nc1cc(F)c(-c2ccccc2)nc1C(=O)Nc1cnccc1N1CCC[C@H](N)C1. The minimum absolute atomic E-state index is 0.0323. The van der Waals surface area contributed by atoms with Gasteiger partial charge >= 0.3 is 0 Å². The zero-order valence-electron chi connectivity index (χ0n) is 16.4. The van der Waals surface area contributed by atoms with Gasteiger partial charge in [-0.15, -0.1) is 0 Å². The molecule has 1 aliphatic heterocycles. The third-order valence-corrected chi connectivity index (χ3v) is 5.11. The molecule has 0 saturated carbocycles. The molecule has 0 aliphatic carbocycles. The highest BCUT2D eigenvalue weighted by Crippen LogP contribution is 2.29. The Bertz CT molecular complexity index is 1060. The summed E-state index contributed by atoms with van der Waals surface area (Å²) in [5.74, 6) is -1.11. The highest BCUT2D eigenvalue weighted by molar-refractivity contribution is 6.08. The Morgan fingerprint density at radius 3 is 2.80 bits per heavy atom. The number of benzene rings is 1. The Labute approximate surface area is 173 Å². The second kappa shape index (κ2) is 8.46. The van der Waals surface area contributed by atoms with Gasteiger partial charge in [-0.3, -0.25) is 9.78 Å². The molecule has 1 aliphatic rings. The van der Waals surface area contributed by atoms with Gasteiger partial charge in [0.05, 0.1) is 23.3 Å². The van der Waals surface area contributed by atoms with Crippen LogP contribution in [0, 0.1) is 5.82 Å². The quantitative estimate of drug-likeness (QED) is 0.614. The van der Waals surface area contributed by atoms with Crippen molar-refractivity contribution in [1.29, 1.82) is 0 Å². The van der Waals surface area contributed by atoms with E-state index in [-0.39, 0.29) is 23.1 Å². The average Bonchev–Trinajstić information content (AvgIpc) is 2.75. The van der Waals surface area contributed by atoms with Crippen LogP contribution in [0.1, 0.15) is 23.3 Å². The fraction of sp³-hybridized carbons (Fsp3) is 0.227. The summed E-state index contributed by atoms with van der Waals surface area (Å²) in [5.41, 5.74) is 13.9. The lowest BCUT2D eigenvalue weighted by molar-refractivity contribution is 0.102. The predicted octanol–water partition coefficient (Wildman–Crippen LogP) is 3.04. The van der Waals surface area contributed by atoms with E-state index in [1.807, 2.05) is 12.1 Å². The molecule has 0 radical (unpaired) electrons. The lowest BCUT2D eigenvalue weighted by Crippen LogP contribution is -2.43. The number of amides is 1. The van der Waals surface area contributed by atoms with Crippen LogP contribution >= 0.6 is 0 Å². The van der Waals surface area contributed by atoms with Crippen molar-refractivity contribution in [3.8, 4) is 11.3 Å². The third kappa shape index (κ3) is 4.08. The maximum absolute atomic E-state index is 14.4. The van der Waals surface area contributed by atoms with Crippen molar-refractivity contribution in [2.24, 2.45) is 5.73 Å². The molecule has 8 heteroatoms. The lowest BCUT2D eigenvalue weighted by Gasteiger charge is -2.33. The van der Waals surface area contributed by atoms with Gasteiger partial charge < -0.3 is 21.7 Å². The average molecular weight is 406 g/mol. The molecule has 1 saturated heterocycles. The number of carbonyl (C=O) groups excluding carboxylic acids is 1. The molecule has 4 rings (SSSR count). The fourth-order valence-electron chi connectivity index (χ4n) is 3.65. The summed E-state index contributed by atoms with van der Waals surface area (Å²) >= 11 is 0. The lowest BCUT2D eigenvalue weighted by atomic mass is 10.1. The number of rotatable bonds is 4. The second-order valence-corrected chi connectivity index (χ2v) is 7.32. The van der Waals surface area contributed by atoms with Crippen molar-refractivity contribution in [1.82, 2.24) is 9.97 Å². The standard InChI is InChI=1S/C22H23FN6O/c23-16-11-17(25)21(28-20(16)14-5-2-1-3-6-14)22(30)27-18-12-26-9-8-19(18)29-10-4-7-15(24)13-29/h1-3,5-6,8-9,11-12,15H,4,7,10,13,24-25H2,(H,27,30)/t15-/m0/s1. The third-order valence-electron chi connectivity index (χ3n) is 5.11. The first kappa shape index (κ1) is 19.8. The number of nitrogens with one attached hydrogen (secondary N) is 1. The van der Waals surface area contributed by atoms with Gasteiger partial charge in [0.1, 0.15) is 5.69 Å². The Morgan fingerprint density at radius 2 is 2.03 bits per heavy atom. The molecule has 0 bridgehead atoms. The number of halogens is 1. The van der Waals surface area contributed by atoms with Crippen molar-refractivity contribution in [2.45, 2.75) is 18.9 Å². The summed E-state index contributed by atoms with van der Waals surface area (Å²) in [6.45, 7) is 1.54. The number of nitrogen functional groups attached to an aromatic ring is 1. The zero-order valence-corrected chi connectivity index (χ0v) is 16.4. The molecule has 30 heavy (non-hydrogen) atoms. The smallest absolute Gasteiger partial charge is 0.276 e. The van der Waals surface area contributed by atoms with Crippen LogP contribution in [0.15, 0.2) is 54.9 Å². The number of piperidine rings is 1. The number of nitrogens with two attached hydrogens (primary N) is 2. The number of aromatic nitrogens is 2. The molecular formula is C22H23FN6O. The number of carbonyl (C=O) groups is 1. The summed E-state index contributed by atoms with van der Waals surface area (Å²) in [7, 11) is 0. The summed E-state index contributed by atoms with van der Waals surface area (Å²) in [4.78, 5) is 23.5. The van der Waals surface area contributed by atoms with Crippen LogP contribution in [0.4, 0.5) is 21.5 Å². The predicted molar refractivity (Wildman–Crippen MR) is 116 cm³/mol. The van der Waals surface area contributed by atoms with Crippen molar-refractivity contribution in [3.63, 3.8) is 0 Å². The molecule has 0 spiro atoms. The molecule has 1 aromatic carbocycles. The summed E-state index contributed by atoms with van der Waals surface area (Å²) in [6.07, 6.45) is 5.19.